The topological polar surface area (TPSA) is 104 Å². The average molecular weight is 531 g/mol. The smallest absolute Gasteiger partial charge is 0.307 e. The number of ether oxygens (including phenoxy) is 1. The molecule has 0 unspecified atom stereocenters. The fourth-order valence-electron chi connectivity index (χ4n) is 9.80. The Hall–Kier alpha value is -1.66. The van der Waals surface area contributed by atoms with Gasteiger partial charge in [0.25, 0.3) is 0 Å². The monoisotopic (exact) mass is 530 g/mol. The van der Waals surface area contributed by atoms with Crippen molar-refractivity contribution in [1.82, 2.24) is 0 Å². The Morgan fingerprint density at radius 1 is 1.08 bits per heavy atom. The van der Waals surface area contributed by atoms with Gasteiger partial charge in [0.15, 0.2) is 0 Å². The van der Waals surface area contributed by atoms with Crippen LogP contribution in [0.5, 0.6) is 0 Å². The summed E-state index contributed by atoms with van der Waals surface area (Å²) >= 11 is 0. The van der Waals surface area contributed by atoms with Gasteiger partial charge in [0, 0.05) is 18.3 Å². The number of rotatable bonds is 6. The predicted octanol–water partition coefficient (Wildman–Crippen LogP) is 6.06. The van der Waals surface area contributed by atoms with E-state index in [0.29, 0.717) is 18.8 Å². The molecular formula is C32H50O6. The molecule has 0 amide bonds. The van der Waals surface area contributed by atoms with Gasteiger partial charge >= 0.3 is 11.9 Å². The molecule has 0 aromatic rings. The lowest BCUT2D eigenvalue weighted by Crippen LogP contribution is -2.56. The zero-order valence-electron chi connectivity index (χ0n) is 24.8. The Kier molecular flexibility index (Phi) is 7.31. The minimum atomic E-state index is -1.00. The van der Waals surface area contributed by atoms with E-state index >= 15 is 0 Å². The molecule has 4 rings (SSSR count). The molecule has 214 valence electrons. The number of esters is 1. The Balaban J connectivity index is 1.71. The number of carbonyl (C=O) groups is 2. The summed E-state index contributed by atoms with van der Waals surface area (Å²) in [7, 11) is 0. The van der Waals surface area contributed by atoms with Crippen molar-refractivity contribution >= 4 is 11.9 Å². The summed E-state index contributed by atoms with van der Waals surface area (Å²) in [5, 5.41) is 31.9. The third-order valence-corrected chi connectivity index (χ3v) is 11.7. The lowest BCUT2D eigenvalue weighted by molar-refractivity contribution is -0.167. The van der Waals surface area contributed by atoms with Crippen molar-refractivity contribution in [3.8, 4) is 0 Å². The van der Waals surface area contributed by atoms with Crippen LogP contribution < -0.4 is 0 Å². The number of carbonyl (C=O) groups excluding carboxylic acids is 1. The number of hydrogen-bond donors (Lipinski definition) is 3. The molecule has 2 saturated carbocycles. The molecule has 0 bridgehead atoms. The van der Waals surface area contributed by atoms with E-state index in [-0.39, 0.29) is 39.7 Å². The van der Waals surface area contributed by atoms with Gasteiger partial charge in [-0.2, -0.15) is 0 Å². The second-order valence-electron chi connectivity index (χ2n) is 14.7. The molecular weight excluding hydrogens is 480 g/mol. The van der Waals surface area contributed by atoms with Crippen LogP contribution in [0.4, 0.5) is 0 Å². The standard InChI is InChI=1S/C32H50O6/c1-19(33)38-25-14-16-30(6)21-13-17-31(7)26(20(27(35)36)10-9-15-28(2,3)37)23(34)18-32(31,8)22(21)11-12-24(30)29(25,4)5/h9,15,20,23-26,34,37H,10-14,16-18H2,1-8H3,(H,35,36)/b15-9+/t20-,23-,24+,25+,26+,30-,31-,32+/m1/s1. The largest absolute Gasteiger partial charge is 0.481 e. The van der Waals surface area contributed by atoms with E-state index in [9.17, 15) is 24.9 Å². The first-order chi connectivity index (χ1) is 17.4. The number of carboxylic acids is 1. The summed E-state index contributed by atoms with van der Waals surface area (Å²) < 4.78 is 5.81. The zero-order chi connectivity index (χ0) is 28.5. The molecule has 0 saturated heterocycles. The summed E-state index contributed by atoms with van der Waals surface area (Å²) in [6, 6.07) is 0. The molecule has 6 heteroatoms. The zero-order valence-corrected chi connectivity index (χ0v) is 24.8. The second-order valence-corrected chi connectivity index (χ2v) is 14.7. The van der Waals surface area contributed by atoms with Crippen LogP contribution in [-0.4, -0.2) is 45.1 Å². The fourth-order valence-corrected chi connectivity index (χ4v) is 9.80. The van der Waals surface area contributed by atoms with Crippen LogP contribution in [0, 0.1) is 39.4 Å². The summed E-state index contributed by atoms with van der Waals surface area (Å²) in [6.07, 6.45) is 9.15. The molecule has 0 aromatic carbocycles. The van der Waals surface area contributed by atoms with E-state index in [2.05, 4.69) is 34.6 Å². The number of aliphatic hydroxyl groups is 2. The predicted molar refractivity (Wildman–Crippen MR) is 147 cm³/mol. The van der Waals surface area contributed by atoms with Crippen LogP contribution in [-0.2, 0) is 14.3 Å². The van der Waals surface area contributed by atoms with Crippen molar-refractivity contribution in [3.05, 3.63) is 23.3 Å². The van der Waals surface area contributed by atoms with Crippen LogP contribution in [0.25, 0.3) is 0 Å². The average Bonchev–Trinajstić information content (AvgIpc) is 2.97. The molecule has 2 fully saturated rings. The Labute approximate surface area is 228 Å². The number of carboxylic acid groups (broad SMARTS) is 1. The molecule has 0 radical (unpaired) electrons. The number of aliphatic carboxylic acids is 1. The van der Waals surface area contributed by atoms with Crippen molar-refractivity contribution in [3.63, 3.8) is 0 Å². The van der Waals surface area contributed by atoms with Gasteiger partial charge < -0.3 is 20.1 Å². The maximum Gasteiger partial charge on any atom is 0.307 e. The minimum Gasteiger partial charge on any atom is -0.481 e. The molecule has 0 aliphatic heterocycles. The van der Waals surface area contributed by atoms with Gasteiger partial charge in [-0.05, 0) is 87.4 Å². The third-order valence-electron chi connectivity index (χ3n) is 11.7. The summed E-state index contributed by atoms with van der Waals surface area (Å²) in [6.45, 7) is 16.3. The van der Waals surface area contributed by atoms with Crippen LogP contribution in [0.1, 0.15) is 107 Å². The SMILES string of the molecule is CC(=O)O[C@H]1CC[C@]2(C)C3=C(CC[C@H]2C1(C)C)[C@]1(C)C[C@@H](O)[C@H]([C@@H](C/C=C/C(C)(C)O)C(=O)O)[C@@]1(C)CC3. The van der Waals surface area contributed by atoms with Gasteiger partial charge in [0.05, 0.1) is 17.6 Å². The normalized spacial score (nSPS) is 41.3. The van der Waals surface area contributed by atoms with Gasteiger partial charge in [-0.1, -0.05) is 57.9 Å². The van der Waals surface area contributed by atoms with E-state index in [0.717, 1.165) is 38.5 Å². The highest BCUT2D eigenvalue weighted by atomic mass is 16.5. The third kappa shape index (κ3) is 4.48. The molecule has 3 N–H and O–H groups in total. The van der Waals surface area contributed by atoms with Crippen molar-refractivity contribution in [2.45, 2.75) is 125 Å². The maximum atomic E-state index is 12.6. The van der Waals surface area contributed by atoms with Crippen molar-refractivity contribution in [2.75, 3.05) is 0 Å². The Morgan fingerprint density at radius 3 is 2.32 bits per heavy atom. The first-order valence-corrected chi connectivity index (χ1v) is 14.6. The molecule has 38 heavy (non-hydrogen) atoms. The Morgan fingerprint density at radius 2 is 1.74 bits per heavy atom. The van der Waals surface area contributed by atoms with Crippen LogP contribution >= 0.6 is 0 Å². The second kappa shape index (κ2) is 9.47. The minimum absolute atomic E-state index is 0.0166. The van der Waals surface area contributed by atoms with Gasteiger partial charge in [0.2, 0.25) is 0 Å². The lowest BCUT2D eigenvalue weighted by atomic mass is 9.43. The highest BCUT2D eigenvalue weighted by molar-refractivity contribution is 5.71. The summed E-state index contributed by atoms with van der Waals surface area (Å²) in [5.74, 6) is -1.74. The highest BCUT2D eigenvalue weighted by Crippen LogP contribution is 2.72. The van der Waals surface area contributed by atoms with Gasteiger partial charge in [0.1, 0.15) is 6.10 Å². The number of allylic oxidation sites excluding steroid dienone is 3. The van der Waals surface area contributed by atoms with Crippen LogP contribution in [0.3, 0.4) is 0 Å². The highest BCUT2D eigenvalue weighted by Gasteiger charge is 2.66. The van der Waals surface area contributed by atoms with E-state index < -0.39 is 23.6 Å². The molecule has 4 aliphatic carbocycles. The fraction of sp³-hybridized carbons (Fsp3) is 0.812. The summed E-state index contributed by atoms with van der Waals surface area (Å²) in [5.41, 5.74) is 1.29. The van der Waals surface area contributed by atoms with Gasteiger partial charge in [-0.25, -0.2) is 0 Å². The molecule has 8 atom stereocenters. The van der Waals surface area contributed by atoms with Gasteiger partial charge in [-0.3, -0.25) is 9.59 Å². The lowest BCUT2D eigenvalue weighted by Gasteiger charge is -2.62. The van der Waals surface area contributed by atoms with Crippen LogP contribution in [0.2, 0.25) is 0 Å². The molecule has 4 aliphatic rings. The molecule has 0 heterocycles. The van der Waals surface area contributed by atoms with Crippen molar-refractivity contribution in [2.24, 2.45) is 39.4 Å². The maximum absolute atomic E-state index is 12.6. The molecule has 0 spiro atoms. The van der Waals surface area contributed by atoms with Gasteiger partial charge in [-0.15, -0.1) is 0 Å². The van der Waals surface area contributed by atoms with E-state index in [4.69, 9.17) is 4.74 Å². The van der Waals surface area contributed by atoms with E-state index in [1.165, 1.54) is 18.1 Å². The number of fused-ring (bicyclic) bond motifs is 4. The Bertz CT molecular complexity index is 1030. The number of hydrogen-bond acceptors (Lipinski definition) is 5. The van der Waals surface area contributed by atoms with E-state index in [1.807, 2.05) is 0 Å². The molecule has 0 aromatic heterocycles. The summed E-state index contributed by atoms with van der Waals surface area (Å²) in [4.78, 5) is 24.4. The van der Waals surface area contributed by atoms with E-state index in [1.54, 1.807) is 26.0 Å². The number of aliphatic hydroxyl groups excluding tert-OH is 1. The van der Waals surface area contributed by atoms with Crippen molar-refractivity contribution < 1.29 is 29.6 Å². The quantitative estimate of drug-likeness (QED) is 0.285. The first kappa shape index (κ1) is 29.3. The molecule has 6 nitrogen and oxygen atoms in total. The van der Waals surface area contributed by atoms with Crippen molar-refractivity contribution in [1.29, 1.82) is 0 Å². The van der Waals surface area contributed by atoms with Crippen LogP contribution in [0.15, 0.2) is 23.3 Å². The first-order valence-electron chi connectivity index (χ1n) is 14.6.